The Hall–Kier alpha value is -1.58. The molecule has 6 heteroatoms. The standard InChI is InChI=1S/C13H18N2O3S/c1-4-15(10-11(2)9-14)19(16,17)13-7-5-12(18-3)6-8-13/h5-8,11H,4,10H2,1-3H3. The SMILES string of the molecule is CCN(CC(C)C#N)S(=O)(=O)c1ccc(OC)cc1. The van der Waals surface area contributed by atoms with Crippen LogP contribution in [0.3, 0.4) is 0 Å². The van der Waals surface area contributed by atoms with E-state index in [0.717, 1.165) is 0 Å². The van der Waals surface area contributed by atoms with Gasteiger partial charge in [-0.15, -0.1) is 0 Å². The van der Waals surface area contributed by atoms with Crippen molar-refractivity contribution in [1.29, 1.82) is 5.26 Å². The highest BCUT2D eigenvalue weighted by Crippen LogP contribution is 2.20. The summed E-state index contributed by atoms with van der Waals surface area (Å²) < 4.78 is 31.1. The summed E-state index contributed by atoms with van der Waals surface area (Å²) in [5, 5.41) is 8.80. The molecule has 0 saturated carbocycles. The van der Waals surface area contributed by atoms with E-state index in [4.69, 9.17) is 10.00 Å². The summed E-state index contributed by atoms with van der Waals surface area (Å²) in [6.07, 6.45) is 0. The summed E-state index contributed by atoms with van der Waals surface area (Å²) in [6, 6.07) is 8.27. The van der Waals surface area contributed by atoms with Crippen LogP contribution in [0.4, 0.5) is 0 Å². The molecule has 0 fully saturated rings. The summed E-state index contributed by atoms with van der Waals surface area (Å²) in [6.45, 7) is 3.99. The van der Waals surface area contributed by atoms with Gasteiger partial charge in [0.15, 0.2) is 0 Å². The summed E-state index contributed by atoms with van der Waals surface area (Å²) in [7, 11) is -2.03. The van der Waals surface area contributed by atoms with Gasteiger partial charge in [0.25, 0.3) is 0 Å². The molecule has 104 valence electrons. The van der Waals surface area contributed by atoms with Crippen molar-refractivity contribution in [2.45, 2.75) is 18.7 Å². The zero-order valence-corrected chi connectivity index (χ0v) is 12.1. The molecule has 0 spiro atoms. The van der Waals surface area contributed by atoms with Crippen LogP contribution < -0.4 is 4.74 Å². The normalized spacial score (nSPS) is 13.0. The molecule has 1 unspecified atom stereocenters. The van der Waals surface area contributed by atoms with Crippen LogP contribution in [0.25, 0.3) is 0 Å². The van der Waals surface area contributed by atoms with Crippen LogP contribution >= 0.6 is 0 Å². The highest BCUT2D eigenvalue weighted by molar-refractivity contribution is 7.89. The number of benzene rings is 1. The first-order valence-corrected chi connectivity index (χ1v) is 7.43. The third-order valence-corrected chi connectivity index (χ3v) is 4.70. The lowest BCUT2D eigenvalue weighted by atomic mass is 10.2. The number of rotatable bonds is 6. The number of hydrogen-bond acceptors (Lipinski definition) is 4. The zero-order chi connectivity index (χ0) is 14.5. The van der Waals surface area contributed by atoms with Gasteiger partial charge < -0.3 is 4.74 Å². The van der Waals surface area contributed by atoms with Gasteiger partial charge in [0.05, 0.1) is 24.0 Å². The average Bonchev–Trinajstić information content (AvgIpc) is 2.44. The maximum Gasteiger partial charge on any atom is 0.243 e. The Morgan fingerprint density at radius 3 is 2.37 bits per heavy atom. The molecule has 5 nitrogen and oxygen atoms in total. The van der Waals surface area contributed by atoms with E-state index in [9.17, 15) is 8.42 Å². The third kappa shape index (κ3) is 3.69. The van der Waals surface area contributed by atoms with E-state index >= 15 is 0 Å². The van der Waals surface area contributed by atoms with Gasteiger partial charge in [-0.1, -0.05) is 6.92 Å². The molecule has 1 atom stereocenters. The van der Waals surface area contributed by atoms with E-state index in [2.05, 4.69) is 0 Å². The van der Waals surface area contributed by atoms with E-state index in [-0.39, 0.29) is 17.4 Å². The maximum absolute atomic E-state index is 12.4. The van der Waals surface area contributed by atoms with Crippen molar-refractivity contribution in [2.75, 3.05) is 20.2 Å². The number of ether oxygens (including phenoxy) is 1. The van der Waals surface area contributed by atoms with Crippen molar-refractivity contribution in [2.24, 2.45) is 5.92 Å². The molecular formula is C13H18N2O3S. The fourth-order valence-corrected chi connectivity index (χ4v) is 3.18. The molecule has 1 rings (SSSR count). The van der Waals surface area contributed by atoms with Gasteiger partial charge in [0.2, 0.25) is 10.0 Å². The Labute approximate surface area is 114 Å². The molecular weight excluding hydrogens is 264 g/mol. The molecule has 19 heavy (non-hydrogen) atoms. The number of sulfonamides is 1. The Kier molecular flexibility index (Phi) is 5.33. The van der Waals surface area contributed by atoms with Crippen LogP contribution in [-0.4, -0.2) is 32.9 Å². The van der Waals surface area contributed by atoms with Crippen molar-refractivity contribution in [3.05, 3.63) is 24.3 Å². The van der Waals surface area contributed by atoms with E-state index in [0.29, 0.717) is 12.3 Å². The molecule has 0 aliphatic rings. The molecule has 0 amide bonds. The summed E-state index contributed by atoms with van der Waals surface area (Å²) >= 11 is 0. The van der Waals surface area contributed by atoms with Crippen LogP contribution in [0, 0.1) is 17.2 Å². The van der Waals surface area contributed by atoms with E-state index in [1.165, 1.54) is 23.5 Å². The largest absolute Gasteiger partial charge is 0.497 e. The second kappa shape index (κ2) is 6.55. The minimum atomic E-state index is -3.55. The minimum absolute atomic E-state index is 0.196. The van der Waals surface area contributed by atoms with Crippen molar-refractivity contribution >= 4 is 10.0 Å². The third-order valence-electron chi connectivity index (χ3n) is 2.75. The Balaban J connectivity index is 3.03. The van der Waals surface area contributed by atoms with Gasteiger partial charge in [0, 0.05) is 13.1 Å². The first kappa shape index (κ1) is 15.5. The number of methoxy groups -OCH3 is 1. The fraction of sp³-hybridized carbons (Fsp3) is 0.462. The molecule has 0 saturated heterocycles. The van der Waals surface area contributed by atoms with Gasteiger partial charge >= 0.3 is 0 Å². The fourth-order valence-electron chi connectivity index (χ4n) is 1.64. The smallest absolute Gasteiger partial charge is 0.243 e. The number of nitrogens with zero attached hydrogens (tertiary/aromatic N) is 2. The first-order chi connectivity index (χ1) is 8.95. The quantitative estimate of drug-likeness (QED) is 0.798. The molecule has 0 radical (unpaired) electrons. The lowest BCUT2D eigenvalue weighted by molar-refractivity contribution is 0.399. The van der Waals surface area contributed by atoms with Crippen molar-refractivity contribution < 1.29 is 13.2 Å². The van der Waals surface area contributed by atoms with E-state index in [1.54, 1.807) is 26.0 Å². The molecule has 1 aromatic carbocycles. The minimum Gasteiger partial charge on any atom is -0.497 e. The van der Waals surface area contributed by atoms with Crippen LogP contribution in [0.15, 0.2) is 29.2 Å². The Morgan fingerprint density at radius 1 is 1.37 bits per heavy atom. The van der Waals surface area contributed by atoms with Crippen LogP contribution in [-0.2, 0) is 10.0 Å². The van der Waals surface area contributed by atoms with Crippen LogP contribution in [0.5, 0.6) is 5.75 Å². The zero-order valence-electron chi connectivity index (χ0n) is 11.3. The van der Waals surface area contributed by atoms with E-state index < -0.39 is 10.0 Å². The van der Waals surface area contributed by atoms with Crippen molar-refractivity contribution in [3.8, 4) is 11.8 Å². The van der Waals surface area contributed by atoms with Gasteiger partial charge in [-0.3, -0.25) is 0 Å². The van der Waals surface area contributed by atoms with Crippen LogP contribution in [0.1, 0.15) is 13.8 Å². The summed E-state index contributed by atoms with van der Waals surface area (Å²) in [5.41, 5.74) is 0. The topological polar surface area (TPSA) is 70.4 Å². The molecule has 0 N–H and O–H groups in total. The second-order valence-electron chi connectivity index (χ2n) is 4.16. The number of nitriles is 1. The number of hydrogen-bond donors (Lipinski definition) is 0. The Morgan fingerprint density at radius 2 is 1.95 bits per heavy atom. The van der Waals surface area contributed by atoms with E-state index in [1.807, 2.05) is 6.07 Å². The van der Waals surface area contributed by atoms with Crippen LogP contribution in [0.2, 0.25) is 0 Å². The molecule has 0 bridgehead atoms. The molecule has 0 aromatic heterocycles. The van der Waals surface area contributed by atoms with Gasteiger partial charge in [0.1, 0.15) is 5.75 Å². The lowest BCUT2D eigenvalue weighted by Gasteiger charge is -2.21. The van der Waals surface area contributed by atoms with Gasteiger partial charge in [-0.25, -0.2) is 8.42 Å². The van der Waals surface area contributed by atoms with Crippen molar-refractivity contribution in [1.82, 2.24) is 4.31 Å². The maximum atomic E-state index is 12.4. The monoisotopic (exact) mass is 282 g/mol. The Bertz CT molecular complexity index is 546. The highest BCUT2D eigenvalue weighted by atomic mass is 32.2. The van der Waals surface area contributed by atoms with Gasteiger partial charge in [-0.05, 0) is 31.2 Å². The molecule has 0 aliphatic heterocycles. The lowest BCUT2D eigenvalue weighted by Crippen LogP contribution is -2.34. The molecule has 0 heterocycles. The molecule has 0 aliphatic carbocycles. The second-order valence-corrected chi connectivity index (χ2v) is 6.10. The first-order valence-electron chi connectivity index (χ1n) is 5.99. The average molecular weight is 282 g/mol. The highest BCUT2D eigenvalue weighted by Gasteiger charge is 2.24. The van der Waals surface area contributed by atoms with Crippen molar-refractivity contribution in [3.63, 3.8) is 0 Å². The predicted octanol–water partition coefficient (Wildman–Crippen LogP) is 1.87. The predicted molar refractivity (Wildman–Crippen MR) is 72.2 cm³/mol. The van der Waals surface area contributed by atoms with Gasteiger partial charge in [-0.2, -0.15) is 9.57 Å². The summed E-state index contributed by atoms with van der Waals surface area (Å²) in [5.74, 6) is 0.264. The molecule has 1 aromatic rings. The summed E-state index contributed by atoms with van der Waals surface area (Å²) in [4.78, 5) is 0.209.